The topological polar surface area (TPSA) is 113 Å². The average molecular weight is 351 g/mol. The van der Waals surface area contributed by atoms with E-state index in [-0.39, 0.29) is 35.4 Å². The first-order chi connectivity index (χ1) is 11.7. The van der Waals surface area contributed by atoms with Crippen molar-refractivity contribution in [3.63, 3.8) is 0 Å². The Morgan fingerprint density at radius 1 is 1.00 bits per heavy atom. The summed E-state index contributed by atoms with van der Waals surface area (Å²) in [5, 5.41) is 20.8. The van der Waals surface area contributed by atoms with E-state index in [1.807, 2.05) is 6.92 Å². The van der Waals surface area contributed by atoms with Crippen LogP contribution in [0.2, 0.25) is 0 Å². The van der Waals surface area contributed by atoms with Crippen molar-refractivity contribution in [2.45, 2.75) is 46.1 Å². The van der Waals surface area contributed by atoms with Crippen LogP contribution in [0.1, 0.15) is 60.7 Å². The Morgan fingerprint density at radius 2 is 1.56 bits per heavy atom. The Hall–Kier alpha value is -2.57. The number of amides is 1. The van der Waals surface area contributed by atoms with Crippen molar-refractivity contribution in [3.05, 3.63) is 29.3 Å². The molecule has 1 unspecified atom stereocenters. The third-order valence-corrected chi connectivity index (χ3v) is 3.60. The maximum atomic E-state index is 11.9. The summed E-state index contributed by atoms with van der Waals surface area (Å²) < 4.78 is 5.25. The van der Waals surface area contributed by atoms with Gasteiger partial charge < -0.3 is 20.3 Å². The largest absolute Gasteiger partial charge is 0.484 e. The third kappa shape index (κ3) is 7.69. The van der Waals surface area contributed by atoms with Gasteiger partial charge >= 0.3 is 11.9 Å². The van der Waals surface area contributed by atoms with Crippen LogP contribution in [0.4, 0.5) is 0 Å². The van der Waals surface area contributed by atoms with Gasteiger partial charge in [-0.25, -0.2) is 9.59 Å². The lowest BCUT2D eigenvalue weighted by atomic mass is 10.0. The Labute approximate surface area is 147 Å². The summed E-state index contributed by atoms with van der Waals surface area (Å²) in [5.41, 5.74) is -0.422. The molecule has 7 heteroatoms. The van der Waals surface area contributed by atoms with Crippen LogP contribution in [0.25, 0.3) is 0 Å². The SMILES string of the molecule is CC(C)CCCC(C)NC(=O)COc1cc(C(=O)O)cc(C(=O)O)c1. The van der Waals surface area contributed by atoms with Crippen molar-refractivity contribution < 1.29 is 29.3 Å². The lowest BCUT2D eigenvalue weighted by molar-refractivity contribution is -0.123. The van der Waals surface area contributed by atoms with Crippen molar-refractivity contribution in [2.24, 2.45) is 5.92 Å². The third-order valence-electron chi connectivity index (χ3n) is 3.60. The molecule has 1 atom stereocenters. The molecule has 0 aliphatic heterocycles. The molecule has 0 saturated carbocycles. The molecule has 0 aliphatic rings. The molecule has 0 bridgehead atoms. The highest BCUT2D eigenvalue weighted by Gasteiger charge is 2.14. The molecule has 1 aromatic carbocycles. The van der Waals surface area contributed by atoms with Crippen LogP contribution < -0.4 is 10.1 Å². The normalized spacial score (nSPS) is 11.8. The second-order valence-electron chi connectivity index (χ2n) is 6.44. The lowest BCUT2D eigenvalue weighted by Gasteiger charge is -2.15. The Morgan fingerprint density at radius 3 is 2.04 bits per heavy atom. The zero-order valence-corrected chi connectivity index (χ0v) is 14.7. The van der Waals surface area contributed by atoms with Crippen LogP contribution in [0.5, 0.6) is 5.75 Å². The van der Waals surface area contributed by atoms with E-state index in [1.165, 1.54) is 12.1 Å². The second-order valence-corrected chi connectivity index (χ2v) is 6.44. The molecular formula is C18H25NO6. The van der Waals surface area contributed by atoms with E-state index in [9.17, 15) is 14.4 Å². The molecular weight excluding hydrogens is 326 g/mol. The van der Waals surface area contributed by atoms with Crippen molar-refractivity contribution >= 4 is 17.8 Å². The van der Waals surface area contributed by atoms with Crippen molar-refractivity contribution in [3.8, 4) is 5.75 Å². The second kappa shape index (κ2) is 9.66. The summed E-state index contributed by atoms with van der Waals surface area (Å²) in [7, 11) is 0. The van der Waals surface area contributed by atoms with E-state index in [2.05, 4.69) is 19.2 Å². The fourth-order valence-corrected chi connectivity index (χ4v) is 2.30. The van der Waals surface area contributed by atoms with E-state index in [4.69, 9.17) is 14.9 Å². The van der Waals surface area contributed by atoms with Crippen LogP contribution in [-0.4, -0.2) is 40.7 Å². The number of carboxylic acid groups (broad SMARTS) is 2. The van der Waals surface area contributed by atoms with E-state index in [1.54, 1.807) is 0 Å². The fraction of sp³-hybridized carbons (Fsp3) is 0.500. The minimum Gasteiger partial charge on any atom is -0.484 e. The van der Waals surface area contributed by atoms with Gasteiger partial charge in [0, 0.05) is 6.04 Å². The number of nitrogens with one attached hydrogen (secondary N) is 1. The number of ether oxygens (including phenoxy) is 1. The first kappa shape index (κ1) is 20.5. The van der Waals surface area contributed by atoms with Crippen molar-refractivity contribution in [2.75, 3.05) is 6.61 Å². The molecule has 0 aromatic heterocycles. The number of rotatable bonds is 10. The molecule has 3 N–H and O–H groups in total. The quantitative estimate of drug-likeness (QED) is 0.597. The highest BCUT2D eigenvalue weighted by Crippen LogP contribution is 2.18. The number of hydrogen-bond acceptors (Lipinski definition) is 4. The molecule has 1 rings (SSSR count). The van der Waals surface area contributed by atoms with Gasteiger partial charge in [0.05, 0.1) is 11.1 Å². The number of carboxylic acids is 2. The smallest absolute Gasteiger partial charge is 0.335 e. The first-order valence-corrected chi connectivity index (χ1v) is 8.23. The Balaban J connectivity index is 2.57. The number of benzene rings is 1. The average Bonchev–Trinajstić information content (AvgIpc) is 2.52. The lowest BCUT2D eigenvalue weighted by Crippen LogP contribution is -2.36. The van der Waals surface area contributed by atoms with Crippen LogP contribution in [0.15, 0.2) is 18.2 Å². The summed E-state index contributed by atoms with van der Waals surface area (Å²) in [6, 6.07) is 3.42. The fourth-order valence-electron chi connectivity index (χ4n) is 2.30. The van der Waals surface area contributed by atoms with E-state index in [0.717, 1.165) is 25.3 Å². The maximum absolute atomic E-state index is 11.9. The molecule has 25 heavy (non-hydrogen) atoms. The summed E-state index contributed by atoms with van der Waals surface area (Å²) in [6.45, 7) is 5.89. The summed E-state index contributed by atoms with van der Waals surface area (Å²) in [4.78, 5) is 34.0. The van der Waals surface area contributed by atoms with Gasteiger partial charge in [-0.3, -0.25) is 4.79 Å². The molecule has 7 nitrogen and oxygen atoms in total. The number of hydrogen-bond donors (Lipinski definition) is 3. The number of aromatic carboxylic acids is 2. The molecule has 0 saturated heterocycles. The zero-order valence-electron chi connectivity index (χ0n) is 14.7. The monoisotopic (exact) mass is 351 g/mol. The van der Waals surface area contributed by atoms with Crippen LogP contribution in [0, 0.1) is 5.92 Å². The van der Waals surface area contributed by atoms with Crippen molar-refractivity contribution in [1.29, 1.82) is 0 Å². The van der Waals surface area contributed by atoms with Crippen LogP contribution in [-0.2, 0) is 4.79 Å². The Kier molecular flexibility index (Phi) is 7.91. The minimum atomic E-state index is -1.27. The van der Waals surface area contributed by atoms with Gasteiger partial charge in [0.25, 0.3) is 5.91 Å². The zero-order chi connectivity index (χ0) is 19.0. The number of carbonyl (C=O) groups is 3. The standard InChI is InChI=1S/C18H25NO6/c1-11(2)5-4-6-12(3)19-16(20)10-25-15-8-13(17(21)22)7-14(9-15)18(23)24/h7-9,11-12H,4-6,10H2,1-3H3,(H,19,20)(H,21,22)(H,23,24). The van der Waals surface area contributed by atoms with Gasteiger partial charge in [0.1, 0.15) is 5.75 Å². The summed E-state index contributed by atoms with van der Waals surface area (Å²) in [6.07, 6.45) is 2.97. The summed E-state index contributed by atoms with van der Waals surface area (Å²) in [5.74, 6) is -2.22. The number of carbonyl (C=O) groups excluding carboxylic acids is 1. The van der Waals surface area contributed by atoms with Gasteiger partial charge in [-0.05, 0) is 37.5 Å². The molecule has 0 heterocycles. The predicted octanol–water partition coefficient (Wildman–Crippen LogP) is 2.79. The molecule has 0 spiro atoms. The van der Waals surface area contributed by atoms with Gasteiger partial charge in [-0.15, -0.1) is 0 Å². The van der Waals surface area contributed by atoms with Gasteiger partial charge in [0.2, 0.25) is 0 Å². The molecule has 138 valence electrons. The molecule has 0 radical (unpaired) electrons. The Bertz CT molecular complexity index is 594. The van der Waals surface area contributed by atoms with E-state index < -0.39 is 11.9 Å². The van der Waals surface area contributed by atoms with Crippen LogP contribution in [0.3, 0.4) is 0 Å². The van der Waals surface area contributed by atoms with E-state index in [0.29, 0.717) is 5.92 Å². The van der Waals surface area contributed by atoms with Crippen molar-refractivity contribution in [1.82, 2.24) is 5.32 Å². The first-order valence-electron chi connectivity index (χ1n) is 8.23. The van der Waals surface area contributed by atoms with E-state index >= 15 is 0 Å². The molecule has 1 amide bonds. The summed E-state index contributed by atoms with van der Waals surface area (Å²) >= 11 is 0. The van der Waals surface area contributed by atoms with Gasteiger partial charge in [-0.1, -0.05) is 26.7 Å². The van der Waals surface area contributed by atoms with Crippen LogP contribution >= 0.6 is 0 Å². The highest BCUT2D eigenvalue weighted by molar-refractivity contribution is 5.94. The molecule has 0 aliphatic carbocycles. The molecule has 1 aromatic rings. The molecule has 0 fully saturated rings. The van der Waals surface area contributed by atoms with Gasteiger partial charge in [0.15, 0.2) is 6.61 Å². The highest BCUT2D eigenvalue weighted by atomic mass is 16.5. The van der Waals surface area contributed by atoms with Gasteiger partial charge in [-0.2, -0.15) is 0 Å². The predicted molar refractivity (Wildman–Crippen MR) is 92.1 cm³/mol. The maximum Gasteiger partial charge on any atom is 0.335 e. The minimum absolute atomic E-state index is 0.00906.